The molecule has 4 nitrogen and oxygen atoms in total. The molecule has 0 aliphatic heterocycles. The van der Waals surface area contributed by atoms with E-state index in [2.05, 4.69) is 4.98 Å². The Labute approximate surface area is 123 Å². The monoisotopic (exact) mass is 306 g/mol. The summed E-state index contributed by atoms with van der Waals surface area (Å²) in [5, 5.41) is 1.07. The average Bonchev–Trinajstić information content (AvgIpc) is 2.42. The van der Waals surface area contributed by atoms with Gasteiger partial charge < -0.3 is 4.98 Å². The number of para-hydroxylation sites is 1. The quantitative estimate of drug-likeness (QED) is 0.751. The van der Waals surface area contributed by atoms with Gasteiger partial charge in [0.1, 0.15) is 0 Å². The highest BCUT2D eigenvalue weighted by Crippen LogP contribution is 2.22. The molecule has 1 aromatic heterocycles. The van der Waals surface area contributed by atoms with Crippen LogP contribution >= 0.6 is 23.2 Å². The molecule has 0 saturated heterocycles. The van der Waals surface area contributed by atoms with Gasteiger partial charge in [-0.3, -0.25) is 4.79 Å². The van der Waals surface area contributed by atoms with E-state index in [0.29, 0.717) is 15.9 Å². The molecule has 1 N–H and O–H groups in total. The van der Waals surface area contributed by atoms with E-state index >= 15 is 0 Å². The molecule has 0 spiro atoms. The van der Waals surface area contributed by atoms with Crippen LogP contribution in [-0.4, -0.2) is 9.55 Å². The molecule has 20 heavy (non-hydrogen) atoms. The van der Waals surface area contributed by atoms with Crippen molar-refractivity contribution in [2.75, 3.05) is 0 Å². The topological polar surface area (TPSA) is 54.9 Å². The lowest BCUT2D eigenvalue weighted by molar-refractivity contribution is 0.901. The lowest BCUT2D eigenvalue weighted by atomic mass is 10.2. The minimum Gasteiger partial charge on any atom is -0.306 e. The van der Waals surface area contributed by atoms with E-state index in [4.69, 9.17) is 23.2 Å². The molecular weight excluding hydrogens is 299 g/mol. The fraction of sp³-hybridized carbons (Fsp3) is 0. The Morgan fingerprint density at radius 3 is 2.55 bits per heavy atom. The molecule has 0 fully saturated rings. The van der Waals surface area contributed by atoms with Gasteiger partial charge in [-0.25, -0.2) is 9.36 Å². The summed E-state index contributed by atoms with van der Waals surface area (Å²) in [4.78, 5) is 27.2. The maximum absolute atomic E-state index is 12.5. The van der Waals surface area contributed by atoms with Crippen LogP contribution < -0.4 is 11.2 Å². The van der Waals surface area contributed by atoms with Crippen molar-refractivity contribution in [2.24, 2.45) is 0 Å². The maximum atomic E-state index is 12.5. The Morgan fingerprint density at radius 2 is 1.75 bits per heavy atom. The van der Waals surface area contributed by atoms with Crippen LogP contribution in [0.3, 0.4) is 0 Å². The summed E-state index contributed by atoms with van der Waals surface area (Å²) in [5.74, 6) is 0. The van der Waals surface area contributed by atoms with E-state index in [9.17, 15) is 9.59 Å². The highest BCUT2D eigenvalue weighted by Gasteiger charge is 2.12. The molecule has 0 bridgehead atoms. The van der Waals surface area contributed by atoms with E-state index in [1.54, 1.807) is 36.4 Å². The second-order valence-electron chi connectivity index (χ2n) is 4.21. The first-order chi connectivity index (χ1) is 9.58. The van der Waals surface area contributed by atoms with Gasteiger partial charge in [-0.15, -0.1) is 0 Å². The Kier molecular flexibility index (Phi) is 3.12. The first-order valence-corrected chi connectivity index (χ1v) is 6.53. The normalized spacial score (nSPS) is 10.9. The minimum atomic E-state index is -0.558. The molecule has 6 heteroatoms. The second-order valence-corrected chi connectivity index (χ2v) is 5.06. The first-order valence-electron chi connectivity index (χ1n) is 5.77. The van der Waals surface area contributed by atoms with Gasteiger partial charge >= 0.3 is 5.69 Å². The van der Waals surface area contributed by atoms with Gasteiger partial charge in [-0.1, -0.05) is 35.3 Å². The Bertz CT molecular complexity index is 928. The lowest BCUT2D eigenvalue weighted by Gasteiger charge is -2.08. The minimum absolute atomic E-state index is 0.260. The van der Waals surface area contributed by atoms with Crippen LogP contribution in [0.2, 0.25) is 10.0 Å². The zero-order chi connectivity index (χ0) is 14.3. The maximum Gasteiger partial charge on any atom is 0.333 e. The molecule has 0 aliphatic carbocycles. The van der Waals surface area contributed by atoms with Crippen LogP contribution in [-0.2, 0) is 0 Å². The number of rotatable bonds is 1. The van der Waals surface area contributed by atoms with E-state index < -0.39 is 11.2 Å². The van der Waals surface area contributed by atoms with Gasteiger partial charge in [0.05, 0.1) is 21.6 Å². The molecule has 2 aromatic carbocycles. The van der Waals surface area contributed by atoms with Crippen LogP contribution in [0.4, 0.5) is 0 Å². The number of hydrogen-bond acceptors (Lipinski definition) is 2. The molecule has 0 unspecified atom stereocenters. The van der Waals surface area contributed by atoms with Crippen molar-refractivity contribution in [2.45, 2.75) is 0 Å². The molecular formula is C14H8Cl2N2O2. The third-order valence-corrected chi connectivity index (χ3v) is 3.51. The number of fused-ring (bicyclic) bond motifs is 1. The lowest BCUT2D eigenvalue weighted by Crippen LogP contribution is -2.33. The molecule has 0 atom stereocenters. The summed E-state index contributed by atoms with van der Waals surface area (Å²) in [7, 11) is 0. The fourth-order valence-electron chi connectivity index (χ4n) is 2.04. The summed E-state index contributed by atoms with van der Waals surface area (Å²) >= 11 is 12.0. The van der Waals surface area contributed by atoms with Crippen molar-refractivity contribution in [3.63, 3.8) is 0 Å². The summed E-state index contributed by atoms with van der Waals surface area (Å²) in [6.45, 7) is 0. The van der Waals surface area contributed by atoms with Crippen molar-refractivity contribution in [1.82, 2.24) is 9.55 Å². The number of H-pyrrole nitrogens is 1. The van der Waals surface area contributed by atoms with Crippen molar-refractivity contribution in [3.05, 3.63) is 73.3 Å². The highest BCUT2D eigenvalue weighted by molar-refractivity contribution is 6.34. The van der Waals surface area contributed by atoms with Gasteiger partial charge in [-0.05, 0) is 30.3 Å². The van der Waals surface area contributed by atoms with Crippen LogP contribution in [0, 0.1) is 0 Å². The van der Waals surface area contributed by atoms with Gasteiger partial charge in [0, 0.05) is 5.02 Å². The predicted octanol–water partition coefficient (Wildman–Crippen LogP) is 2.99. The molecule has 1 heterocycles. The number of halogens is 2. The molecule has 0 aliphatic rings. The van der Waals surface area contributed by atoms with Crippen LogP contribution in [0.15, 0.2) is 52.1 Å². The van der Waals surface area contributed by atoms with Crippen molar-refractivity contribution >= 4 is 34.1 Å². The van der Waals surface area contributed by atoms with Gasteiger partial charge in [0.2, 0.25) is 0 Å². The first kappa shape index (κ1) is 13.0. The highest BCUT2D eigenvalue weighted by atomic mass is 35.5. The average molecular weight is 307 g/mol. The van der Waals surface area contributed by atoms with Crippen molar-refractivity contribution in [1.29, 1.82) is 0 Å². The summed E-state index contributed by atoms with van der Waals surface area (Å²) < 4.78 is 0.983. The van der Waals surface area contributed by atoms with E-state index in [0.717, 1.165) is 4.57 Å². The number of nitrogens with one attached hydrogen (secondary N) is 1. The van der Waals surface area contributed by atoms with Gasteiger partial charge in [-0.2, -0.15) is 0 Å². The zero-order valence-corrected chi connectivity index (χ0v) is 11.6. The smallest absolute Gasteiger partial charge is 0.306 e. The van der Waals surface area contributed by atoms with E-state index in [1.165, 1.54) is 6.07 Å². The number of benzene rings is 2. The predicted molar refractivity (Wildman–Crippen MR) is 80.2 cm³/mol. The van der Waals surface area contributed by atoms with Gasteiger partial charge in [0.15, 0.2) is 0 Å². The molecule has 3 rings (SSSR count). The van der Waals surface area contributed by atoms with E-state index in [-0.39, 0.29) is 10.7 Å². The number of aromatic amines is 1. The fourth-order valence-corrected chi connectivity index (χ4v) is 2.41. The molecule has 0 amide bonds. The summed E-state index contributed by atoms with van der Waals surface area (Å²) in [6, 6.07) is 11.4. The van der Waals surface area contributed by atoms with Crippen molar-refractivity contribution in [3.8, 4) is 5.69 Å². The Morgan fingerprint density at radius 1 is 1.00 bits per heavy atom. The molecule has 100 valence electrons. The largest absolute Gasteiger partial charge is 0.333 e. The van der Waals surface area contributed by atoms with Crippen LogP contribution in [0.5, 0.6) is 0 Å². The van der Waals surface area contributed by atoms with Crippen LogP contribution in [0.1, 0.15) is 0 Å². The van der Waals surface area contributed by atoms with E-state index in [1.807, 2.05) is 0 Å². The third kappa shape index (κ3) is 2.03. The number of aromatic nitrogens is 2. The summed E-state index contributed by atoms with van der Waals surface area (Å²) in [5.41, 5.74) is -0.251. The number of hydrogen-bond donors (Lipinski definition) is 1. The standard InChI is InChI=1S/C14H8Cl2N2O2/c15-8-5-6-10(16)12(7-8)18-13(19)9-3-1-2-4-11(9)17-14(18)20/h1-7H,(H,17,20). The van der Waals surface area contributed by atoms with Crippen molar-refractivity contribution < 1.29 is 0 Å². The number of nitrogens with zero attached hydrogens (tertiary/aromatic N) is 1. The molecule has 3 aromatic rings. The zero-order valence-electron chi connectivity index (χ0n) is 10.1. The SMILES string of the molecule is O=c1[nH]c2ccccc2c(=O)n1-c1cc(Cl)ccc1Cl. The van der Waals surface area contributed by atoms with Gasteiger partial charge in [0.25, 0.3) is 5.56 Å². The molecule has 0 saturated carbocycles. The Hall–Kier alpha value is -2.04. The summed E-state index contributed by atoms with van der Waals surface area (Å²) in [6.07, 6.45) is 0. The molecule has 0 radical (unpaired) electrons. The third-order valence-electron chi connectivity index (χ3n) is 2.95. The second kappa shape index (κ2) is 4.81. The Balaban J connectivity index is 2.46. The van der Waals surface area contributed by atoms with Crippen LogP contribution in [0.25, 0.3) is 16.6 Å².